The summed E-state index contributed by atoms with van der Waals surface area (Å²) in [5.41, 5.74) is 3.41. The van der Waals surface area contributed by atoms with Gasteiger partial charge in [0.05, 0.1) is 15.1 Å². The summed E-state index contributed by atoms with van der Waals surface area (Å²) >= 11 is 1.49. The van der Waals surface area contributed by atoms with Gasteiger partial charge in [-0.15, -0.1) is 0 Å². The summed E-state index contributed by atoms with van der Waals surface area (Å²) in [4.78, 5) is 21.9. The van der Waals surface area contributed by atoms with E-state index >= 15 is 0 Å². The highest BCUT2D eigenvalue weighted by Gasteiger charge is 2.23. The average Bonchev–Trinajstić information content (AvgIpc) is 3.10. The summed E-state index contributed by atoms with van der Waals surface area (Å²) in [6.07, 6.45) is 1.14. The molecule has 6 nitrogen and oxygen atoms in total. The lowest BCUT2D eigenvalue weighted by Crippen LogP contribution is -2.36. The van der Waals surface area contributed by atoms with Gasteiger partial charge >= 0.3 is 0 Å². The van der Waals surface area contributed by atoms with Crippen LogP contribution >= 0.6 is 11.3 Å². The number of aryl methyl sites for hydroxylation is 2. The highest BCUT2D eigenvalue weighted by Crippen LogP contribution is 2.33. The predicted octanol–water partition coefficient (Wildman–Crippen LogP) is 3.53. The number of fused-ring (bicyclic) bond motifs is 1. The molecular weight excluding hydrogens is 406 g/mol. The number of thiazole rings is 1. The van der Waals surface area contributed by atoms with Gasteiger partial charge in [-0.3, -0.25) is 9.69 Å². The Labute approximate surface area is 175 Å². The van der Waals surface area contributed by atoms with Crippen molar-refractivity contribution in [3.05, 3.63) is 53.1 Å². The van der Waals surface area contributed by atoms with Crippen LogP contribution in [0.3, 0.4) is 0 Å². The minimum atomic E-state index is -3.40. The molecule has 2 aromatic carbocycles. The number of amides is 1. The first-order valence-corrected chi connectivity index (χ1v) is 11.9. The molecule has 0 aliphatic heterocycles. The van der Waals surface area contributed by atoms with Crippen molar-refractivity contribution in [2.75, 3.05) is 38.3 Å². The molecule has 0 bridgehead atoms. The third-order valence-electron chi connectivity index (χ3n) is 4.69. The number of likely N-dealkylation sites (N-methyl/N-ethyl adjacent to an activating group) is 1. The lowest BCUT2D eigenvalue weighted by atomic mass is 10.1. The van der Waals surface area contributed by atoms with E-state index in [1.165, 1.54) is 23.5 Å². The van der Waals surface area contributed by atoms with Crippen molar-refractivity contribution in [1.29, 1.82) is 0 Å². The van der Waals surface area contributed by atoms with Crippen molar-refractivity contribution in [1.82, 2.24) is 9.88 Å². The van der Waals surface area contributed by atoms with E-state index in [0.717, 1.165) is 27.6 Å². The summed E-state index contributed by atoms with van der Waals surface area (Å²) in [6.45, 7) is 5.15. The summed E-state index contributed by atoms with van der Waals surface area (Å²) in [6, 6.07) is 10.3. The molecule has 29 heavy (non-hydrogen) atoms. The lowest BCUT2D eigenvalue weighted by molar-refractivity contribution is 0.0985. The Bertz CT molecular complexity index is 1130. The van der Waals surface area contributed by atoms with Crippen molar-refractivity contribution in [2.24, 2.45) is 0 Å². The fourth-order valence-corrected chi connectivity index (χ4v) is 4.77. The minimum absolute atomic E-state index is 0.131. The first-order valence-electron chi connectivity index (χ1n) is 9.21. The van der Waals surface area contributed by atoms with Crippen LogP contribution in [0, 0.1) is 13.8 Å². The molecule has 1 aromatic heterocycles. The largest absolute Gasteiger partial charge is 0.308 e. The Morgan fingerprint density at radius 1 is 1.07 bits per heavy atom. The maximum Gasteiger partial charge on any atom is 0.260 e. The van der Waals surface area contributed by atoms with Crippen LogP contribution in [-0.4, -0.2) is 57.6 Å². The number of hydrogen-bond donors (Lipinski definition) is 0. The summed E-state index contributed by atoms with van der Waals surface area (Å²) in [7, 11) is 0.489. The molecule has 1 heterocycles. The second kappa shape index (κ2) is 8.22. The van der Waals surface area contributed by atoms with E-state index in [2.05, 4.69) is 6.07 Å². The molecule has 3 rings (SSSR count). The van der Waals surface area contributed by atoms with Crippen LogP contribution in [0.15, 0.2) is 41.3 Å². The van der Waals surface area contributed by atoms with Crippen molar-refractivity contribution in [3.63, 3.8) is 0 Å². The molecule has 3 aromatic rings. The number of carbonyl (C=O) groups is 1. The molecule has 0 radical (unpaired) electrons. The zero-order valence-electron chi connectivity index (χ0n) is 17.3. The van der Waals surface area contributed by atoms with Crippen LogP contribution in [0.4, 0.5) is 5.13 Å². The number of anilines is 1. The molecule has 0 aliphatic carbocycles. The number of aromatic nitrogens is 1. The third-order valence-corrected chi connectivity index (χ3v) is 7.01. The third kappa shape index (κ3) is 4.66. The van der Waals surface area contributed by atoms with Gasteiger partial charge in [0.25, 0.3) is 5.91 Å². The molecule has 0 saturated carbocycles. The van der Waals surface area contributed by atoms with Crippen LogP contribution in [0.2, 0.25) is 0 Å². The van der Waals surface area contributed by atoms with E-state index in [4.69, 9.17) is 4.98 Å². The van der Waals surface area contributed by atoms with E-state index in [1.54, 1.807) is 17.0 Å². The van der Waals surface area contributed by atoms with Gasteiger partial charge in [0.15, 0.2) is 15.0 Å². The maximum absolute atomic E-state index is 13.4. The van der Waals surface area contributed by atoms with Gasteiger partial charge in [0, 0.05) is 24.9 Å². The van der Waals surface area contributed by atoms with Crippen LogP contribution < -0.4 is 4.90 Å². The standard InChI is InChI=1S/C21H25N3O3S2/c1-14-9-10-15(2)19-18(14)22-21(28-19)24(12-11-23(3)4)20(25)16-7-6-8-17(13-16)29(5,26)27/h6-10,13H,11-12H2,1-5H3. The lowest BCUT2D eigenvalue weighted by Gasteiger charge is -2.22. The predicted molar refractivity (Wildman–Crippen MR) is 119 cm³/mol. The summed E-state index contributed by atoms with van der Waals surface area (Å²) < 4.78 is 24.9. The second-order valence-electron chi connectivity index (χ2n) is 7.43. The van der Waals surface area contributed by atoms with E-state index in [-0.39, 0.29) is 10.8 Å². The van der Waals surface area contributed by atoms with E-state index in [0.29, 0.717) is 23.8 Å². The van der Waals surface area contributed by atoms with Gasteiger partial charge < -0.3 is 4.90 Å². The molecule has 0 unspecified atom stereocenters. The minimum Gasteiger partial charge on any atom is -0.308 e. The van der Waals surface area contributed by atoms with E-state index in [9.17, 15) is 13.2 Å². The highest BCUT2D eigenvalue weighted by atomic mass is 32.2. The average molecular weight is 432 g/mol. The topological polar surface area (TPSA) is 70.6 Å². The van der Waals surface area contributed by atoms with Crippen LogP contribution in [0.1, 0.15) is 21.5 Å². The molecule has 0 atom stereocenters. The first-order chi connectivity index (χ1) is 13.6. The van der Waals surface area contributed by atoms with Gasteiger partial charge in [0.1, 0.15) is 0 Å². The van der Waals surface area contributed by atoms with E-state index < -0.39 is 9.84 Å². The summed E-state index contributed by atoms with van der Waals surface area (Å²) in [5.74, 6) is -0.258. The molecule has 1 amide bonds. The molecule has 0 N–H and O–H groups in total. The van der Waals surface area contributed by atoms with Crippen LogP contribution in [0.5, 0.6) is 0 Å². The normalized spacial score (nSPS) is 11.9. The van der Waals surface area contributed by atoms with Gasteiger partial charge in [0.2, 0.25) is 0 Å². The summed E-state index contributed by atoms with van der Waals surface area (Å²) in [5, 5.41) is 0.619. The number of nitrogens with zero attached hydrogens (tertiary/aromatic N) is 3. The van der Waals surface area contributed by atoms with Crippen LogP contribution in [0.25, 0.3) is 10.2 Å². The number of benzene rings is 2. The Morgan fingerprint density at radius 2 is 1.76 bits per heavy atom. The monoisotopic (exact) mass is 431 g/mol. The van der Waals surface area contributed by atoms with E-state index in [1.807, 2.05) is 38.9 Å². The number of hydrogen-bond acceptors (Lipinski definition) is 6. The smallest absolute Gasteiger partial charge is 0.260 e. The SMILES string of the molecule is Cc1ccc(C)c2sc(N(CCN(C)C)C(=O)c3cccc(S(C)(=O)=O)c3)nc12. The molecule has 0 aliphatic rings. The Morgan fingerprint density at radius 3 is 2.38 bits per heavy atom. The fourth-order valence-electron chi connectivity index (χ4n) is 2.96. The van der Waals surface area contributed by atoms with Crippen molar-refractivity contribution in [2.45, 2.75) is 18.7 Å². The van der Waals surface area contributed by atoms with Gasteiger partial charge in [-0.2, -0.15) is 0 Å². The van der Waals surface area contributed by atoms with Crippen molar-refractivity contribution < 1.29 is 13.2 Å². The maximum atomic E-state index is 13.4. The number of rotatable bonds is 6. The number of sulfone groups is 1. The van der Waals surface area contributed by atoms with Crippen molar-refractivity contribution >= 4 is 42.4 Å². The molecule has 0 fully saturated rings. The fraction of sp³-hybridized carbons (Fsp3) is 0.333. The number of carbonyl (C=O) groups excluding carboxylic acids is 1. The zero-order chi connectivity index (χ0) is 21.3. The first kappa shape index (κ1) is 21.4. The molecule has 0 saturated heterocycles. The van der Waals surface area contributed by atoms with Gasteiger partial charge in [-0.1, -0.05) is 29.5 Å². The molecule has 154 valence electrons. The second-order valence-corrected chi connectivity index (χ2v) is 10.4. The quantitative estimate of drug-likeness (QED) is 0.597. The molecule has 0 spiro atoms. The zero-order valence-corrected chi connectivity index (χ0v) is 18.9. The van der Waals surface area contributed by atoms with Gasteiger partial charge in [-0.25, -0.2) is 13.4 Å². The van der Waals surface area contributed by atoms with Gasteiger partial charge in [-0.05, 0) is 57.3 Å². The van der Waals surface area contributed by atoms with Crippen LogP contribution in [-0.2, 0) is 9.84 Å². The Kier molecular flexibility index (Phi) is 6.07. The molecule has 8 heteroatoms. The molecular formula is C21H25N3O3S2. The van der Waals surface area contributed by atoms with Crippen molar-refractivity contribution in [3.8, 4) is 0 Å². The highest BCUT2D eigenvalue weighted by molar-refractivity contribution is 7.90. The Balaban J connectivity index is 2.07. The Hall–Kier alpha value is -2.29.